The van der Waals surface area contributed by atoms with E-state index >= 15 is 0 Å². The summed E-state index contributed by atoms with van der Waals surface area (Å²) in [6.07, 6.45) is 1.53. The Morgan fingerprint density at radius 1 is 1.58 bits per heavy atom. The highest BCUT2D eigenvalue weighted by Gasteiger charge is 2.25. The highest BCUT2D eigenvalue weighted by molar-refractivity contribution is 9.10. The van der Waals surface area contributed by atoms with E-state index in [0.717, 1.165) is 0 Å². The summed E-state index contributed by atoms with van der Waals surface area (Å²) in [5, 5.41) is 4.58. The van der Waals surface area contributed by atoms with Crippen molar-refractivity contribution in [1.29, 1.82) is 0 Å². The van der Waals surface area contributed by atoms with Gasteiger partial charge in [0.2, 0.25) is 0 Å². The van der Waals surface area contributed by atoms with E-state index in [1.165, 1.54) is 12.3 Å². The molecular weight excluding hydrogens is 335 g/mol. The number of aromatic nitrogens is 2. The second-order valence-electron chi connectivity index (χ2n) is 3.93. The number of hydrogen-bond acceptors (Lipinski definition) is 3. The highest BCUT2D eigenvalue weighted by atomic mass is 79.9. The van der Waals surface area contributed by atoms with Gasteiger partial charge in [0.05, 0.1) is 23.0 Å². The van der Waals surface area contributed by atoms with Gasteiger partial charge in [0, 0.05) is 16.6 Å². The Bertz CT molecular complexity index is 567. The first-order chi connectivity index (χ1) is 9.10. The molecule has 1 aromatic heterocycles. The maximum Gasteiger partial charge on any atom is 0.129 e. The minimum atomic E-state index is -0.578. The minimum Gasteiger partial charge on any atom is -0.271 e. The minimum absolute atomic E-state index is 0.364. The number of hydrazine groups is 1. The third-order valence-corrected chi connectivity index (χ3v) is 3.84. The molecule has 0 fully saturated rings. The van der Waals surface area contributed by atoms with Gasteiger partial charge in [0.15, 0.2) is 0 Å². The molecule has 0 saturated carbocycles. The SMILES string of the molecule is CCn1ncc(Cl)c1C(NN)c1c(F)cccc1Br. The summed E-state index contributed by atoms with van der Waals surface area (Å²) in [5.74, 6) is 5.23. The summed E-state index contributed by atoms with van der Waals surface area (Å²) in [4.78, 5) is 0. The topological polar surface area (TPSA) is 55.9 Å². The van der Waals surface area contributed by atoms with E-state index in [-0.39, 0.29) is 5.82 Å². The zero-order valence-electron chi connectivity index (χ0n) is 10.2. The first-order valence-electron chi connectivity index (χ1n) is 5.71. The van der Waals surface area contributed by atoms with Crippen LogP contribution in [0.1, 0.15) is 24.2 Å². The monoisotopic (exact) mass is 346 g/mol. The van der Waals surface area contributed by atoms with Crippen molar-refractivity contribution in [3.05, 3.63) is 51.0 Å². The molecule has 1 heterocycles. The van der Waals surface area contributed by atoms with Gasteiger partial charge in [-0.05, 0) is 19.1 Å². The molecule has 7 heteroatoms. The maximum absolute atomic E-state index is 14.0. The van der Waals surface area contributed by atoms with E-state index < -0.39 is 6.04 Å². The Kier molecular flexibility index (Phi) is 4.57. The fourth-order valence-electron chi connectivity index (χ4n) is 2.00. The van der Waals surface area contributed by atoms with Gasteiger partial charge in [0.1, 0.15) is 5.82 Å². The number of benzene rings is 1. The van der Waals surface area contributed by atoms with Crippen molar-refractivity contribution >= 4 is 27.5 Å². The average Bonchev–Trinajstić information content (AvgIpc) is 2.75. The molecule has 0 aliphatic heterocycles. The second kappa shape index (κ2) is 6.00. The van der Waals surface area contributed by atoms with Gasteiger partial charge in [0.25, 0.3) is 0 Å². The summed E-state index contributed by atoms with van der Waals surface area (Å²) in [7, 11) is 0. The fraction of sp³-hybridized carbons (Fsp3) is 0.250. The van der Waals surface area contributed by atoms with Crippen molar-refractivity contribution in [3.63, 3.8) is 0 Å². The zero-order valence-corrected chi connectivity index (χ0v) is 12.5. The molecule has 0 amide bonds. The lowest BCUT2D eigenvalue weighted by atomic mass is 10.0. The van der Waals surface area contributed by atoms with Crippen LogP contribution in [0.15, 0.2) is 28.9 Å². The normalized spacial score (nSPS) is 12.7. The molecule has 19 heavy (non-hydrogen) atoms. The molecule has 0 aliphatic carbocycles. The van der Waals surface area contributed by atoms with Gasteiger partial charge in [-0.2, -0.15) is 5.10 Å². The van der Waals surface area contributed by atoms with E-state index in [1.807, 2.05) is 6.92 Å². The Morgan fingerprint density at radius 3 is 2.89 bits per heavy atom. The molecule has 3 N–H and O–H groups in total. The zero-order chi connectivity index (χ0) is 14.0. The summed E-state index contributed by atoms with van der Waals surface area (Å²) in [6.45, 7) is 2.54. The van der Waals surface area contributed by atoms with Crippen LogP contribution >= 0.6 is 27.5 Å². The van der Waals surface area contributed by atoms with Gasteiger partial charge in [-0.1, -0.05) is 33.6 Å². The van der Waals surface area contributed by atoms with Crippen LogP contribution in [0.25, 0.3) is 0 Å². The number of nitrogens with zero attached hydrogens (tertiary/aromatic N) is 2. The van der Waals surface area contributed by atoms with E-state index in [1.54, 1.807) is 16.8 Å². The molecule has 1 unspecified atom stereocenters. The van der Waals surface area contributed by atoms with Crippen LogP contribution in [0.2, 0.25) is 5.02 Å². The van der Waals surface area contributed by atoms with Crippen LogP contribution < -0.4 is 11.3 Å². The van der Waals surface area contributed by atoms with Crippen LogP contribution in [-0.2, 0) is 6.54 Å². The number of nitrogens with one attached hydrogen (secondary N) is 1. The number of halogens is 3. The Morgan fingerprint density at radius 2 is 2.32 bits per heavy atom. The predicted molar refractivity (Wildman–Crippen MR) is 76.2 cm³/mol. The molecule has 102 valence electrons. The Balaban J connectivity index is 2.59. The van der Waals surface area contributed by atoms with Crippen molar-refractivity contribution in [2.45, 2.75) is 19.5 Å². The summed E-state index contributed by atoms with van der Waals surface area (Å²) < 4.78 is 16.4. The number of aryl methyl sites for hydroxylation is 1. The van der Waals surface area contributed by atoms with E-state index in [4.69, 9.17) is 17.4 Å². The molecule has 1 atom stereocenters. The molecular formula is C12H13BrClFN4. The Hall–Kier alpha value is -0.950. The average molecular weight is 348 g/mol. The van der Waals surface area contributed by atoms with Gasteiger partial charge in [-0.15, -0.1) is 0 Å². The van der Waals surface area contributed by atoms with Crippen molar-refractivity contribution in [3.8, 4) is 0 Å². The standard InChI is InChI=1S/C12H13BrClFN4/c1-2-19-12(8(14)6-17-19)11(18-16)10-7(13)4-3-5-9(10)15/h3-6,11,18H,2,16H2,1H3. The van der Waals surface area contributed by atoms with Crippen LogP contribution in [0, 0.1) is 5.82 Å². The smallest absolute Gasteiger partial charge is 0.129 e. The van der Waals surface area contributed by atoms with Crippen LogP contribution in [-0.4, -0.2) is 9.78 Å². The second-order valence-corrected chi connectivity index (χ2v) is 5.19. The van der Waals surface area contributed by atoms with E-state index in [0.29, 0.717) is 27.3 Å². The summed E-state index contributed by atoms with van der Waals surface area (Å²) in [5.41, 5.74) is 3.64. The van der Waals surface area contributed by atoms with Gasteiger partial charge < -0.3 is 0 Å². The molecule has 4 nitrogen and oxygen atoms in total. The number of nitrogens with two attached hydrogens (primary N) is 1. The molecule has 2 aromatic rings. The molecule has 0 radical (unpaired) electrons. The van der Waals surface area contributed by atoms with E-state index in [2.05, 4.69) is 26.5 Å². The largest absolute Gasteiger partial charge is 0.271 e. The molecule has 0 aliphatic rings. The van der Waals surface area contributed by atoms with E-state index in [9.17, 15) is 4.39 Å². The number of rotatable bonds is 4. The van der Waals surface area contributed by atoms with Crippen LogP contribution in [0.3, 0.4) is 0 Å². The van der Waals surface area contributed by atoms with Crippen molar-refractivity contribution < 1.29 is 4.39 Å². The number of hydrogen-bond donors (Lipinski definition) is 2. The molecule has 0 spiro atoms. The molecule has 0 bridgehead atoms. The molecule has 0 saturated heterocycles. The predicted octanol–water partition coefficient (Wildman–Crippen LogP) is 3.01. The first-order valence-corrected chi connectivity index (χ1v) is 6.88. The van der Waals surface area contributed by atoms with Crippen LogP contribution in [0.5, 0.6) is 0 Å². The van der Waals surface area contributed by atoms with Crippen molar-refractivity contribution in [1.82, 2.24) is 15.2 Å². The van der Waals surface area contributed by atoms with Gasteiger partial charge >= 0.3 is 0 Å². The van der Waals surface area contributed by atoms with Crippen LogP contribution in [0.4, 0.5) is 4.39 Å². The molecule has 1 aromatic carbocycles. The van der Waals surface area contributed by atoms with Crippen molar-refractivity contribution in [2.75, 3.05) is 0 Å². The van der Waals surface area contributed by atoms with Gasteiger partial charge in [-0.3, -0.25) is 10.5 Å². The highest BCUT2D eigenvalue weighted by Crippen LogP contribution is 2.33. The Labute approximate surface area is 123 Å². The van der Waals surface area contributed by atoms with Crippen molar-refractivity contribution in [2.24, 2.45) is 5.84 Å². The summed E-state index contributed by atoms with van der Waals surface area (Å²) >= 11 is 9.47. The summed E-state index contributed by atoms with van der Waals surface area (Å²) in [6, 6.07) is 4.18. The lowest BCUT2D eigenvalue weighted by Gasteiger charge is -2.20. The lowest BCUT2D eigenvalue weighted by Crippen LogP contribution is -2.32. The maximum atomic E-state index is 14.0. The first kappa shape index (κ1) is 14.5. The fourth-order valence-corrected chi connectivity index (χ4v) is 2.82. The lowest BCUT2D eigenvalue weighted by molar-refractivity contribution is 0.514. The molecule has 2 rings (SSSR count). The third-order valence-electron chi connectivity index (χ3n) is 2.86. The van der Waals surface area contributed by atoms with Gasteiger partial charge in [-0.25, -0.2) is 9.82 Å². The third kappa shape index (κ3) is 2.67. The quantitative estimate of drug-likeness (QED) is 0.660.